The number of amides is 2. The molecule has 0 aromatic heterocycles. The van der Waals surface area contributed by atoms with Gasteiger partial charge in [0.2, 0.25) is 0 Å². The Kier molecular flexibility index (Phi) is 6.58. The molecule has 0 bridgehead atoms. The maximum atomic E-state index is 11.7. The van der Waals surface area contributed by atoms with Crippen LogP contribution >= 0.6 is 0 Å². The van der Waals surface area contributed by atoms with E-state index in [1.54, 1.807) is 20.8 Å². The molecule has 0 saturated carbocycles. The summed E-state index contributed by atoms with van der Waals surface area (Å²) in [5, 5.41) is 5.62. The summed E-state index contributed by atoms with van der Waals surface area (Å²) < 4.78 is 5.11. The molecule has 6 heteroatoms. The summed E-state index contributed by atoms with van der Waals surface area (Å²) >= 11 is 2.68. The molecule has 0 aromatic carbocycles. The van der Waals surface area contributed by atoms with Crippen LogP contribution in [0.25, 0.3) is 0 Å². The van der Waals surface area contributed by atoms with E-state index in [9.17, 15) is 9.59 Å². The molecule has 1 unspecified atom stereocenters. The summed E-state index contributed by atoms with van der Waals surface area (Å²) in [5.41, 5.74) is -0.569. The molecule has 5 nitrogen and oxygen atoms in total. The second-order valence-corrected chi connectivity index (χ2v) is 5.50. The van der Waals surface area contributed by atoms with Crippen LogP contribution in [0, 0.1) is 5.92 Å². The van der Waals surface area contributed by atoms with Gasteiger partial charge in [0.15, 0.2) is 0 Å². The second-order valence-electron chi connectivity index (χ2n) is 5.05. The third-order valence-corrected chi connectivity index (χ3v) is 2.09. The molecule has 0 spiro atoms. The predicted molar refractivity (Wildman–Crippen MR) is 61.0 cm³/mol. The number of rotatable bonds is 4. The summed E-state index contributed by atoms with van der Waals surface area (Å²) in [6.07, 6.45) is -0.577. The first-order valence-electron chi connectivity index (χ1n) is 5.52. The number of carbonyl (C=O) groups is 2. The van der Waals surface area contributed by atoms with Crippen molar-refractivity contribution in [3.8, 4) is 0 Å². The molecule has 0 heterocycles. The zero-order valence-corrected chi connectivity index (χ0v) is 12.3. The van der Waals surface area contributed by atoms with Gasteiger partial charge in [-0.2, -0.15) is 0 Å². The molecule has 0 radical (unpaired) electrons. The van der Waals surface area contributed by atoms with Crippen LogP contribution in [0.5, 0.6) is 0 Å². The monoisotopic (exact) mass is 281 g/mol. The van der Waals surface area contributed by atoms with Crippen LogP contribution in [0.15, 0.2) is 0 Å². The van der Waals surface area contributed by atoms with Crippen molar-refractivity contribution >= 4 is 12.0 Å². The van der Waals surface area contributed by atoms with Crippen molar-refractivity contribution < 1.29 is 30.6 Å². The van der Waals surface area contributed by atoms with E-state index in [1.165, 1.54) is 0 Å². The van der Waals surface area contributed by atoms with Gasteiger partial charge < -0.3 is 0 Å². The van der Waals surface area contributed by atoms with Crippen LogP contribution in [0.1, 0.15) is 34.6 Å². The number of hydrogen-bond acceptors (Lipinski definition) is 3. The Labute approximate surface area is 111 Å². The number of nitrogens with one attached hydrogen (secondary N) is 2. The Morgan fingerprint density at radius 3 is 2.18 bits per heavy atom. The Morgan fingerprint density at radius 1 is 1.29 bits per heavy atom. The molecule has 0 aliphatic heterocycles. The number of alkyl carbamates (subject to hydrolysis) is 1. The molecular weight excluding hydrogens is 260 g/mol. The average molecular weight is 281 g/mol. The third kappa shape index (κ3) is 7.24. The van der Waals surface area contributed by atoms with Crippen molar-refractivity contribution in [3.63, 3.8) is 0 Å². The minimum absolute atomic E-state index is 0.00549. The minimum atomic E-state index is -0.585. The molecule has 0 rings (SSSR count). The van der Waals surface area contributed by atoms with Gasteiger partial charge in [0.1, 0.15) is 0 Å². The van der Waals surface area contributed by atoms with Crippen LogP contribution in [-0.4, -0.2) is 29.1 Å². The van der Waals surface area contributed by atoms with Gasteiger partial charge in [-0.15, -0.1) is 0 Å². The zero-order chi connectivity index (χ0) is 13.6. The Balaban J connectivity index is 4.46. The van der Waals surface area contributed by atoms with Crippen molar-refractivity contribution in [2.45, 2.75) is 46.3 Å². The second kappa shape index (κ2) is 6.87. The fourth-order valence-corrected chi connectivity index (χ4v) is 1.37. The maximum absolute atomic E-state index is 11.7. The molecular formula is C11H21CrN2O3. The van der Waals surface area contributed by atoms with Crippen molar-refractivity contribution in [3.05, 3.63) is 0 Å². The topological polar surface area (TPSA) is 67.4 Å². The summed E-state index contributed by atoms with van der Waals surface area (Å²) in [7, 11) is 0. The summed E-state index contributed by atoms with van der Waals surface area (Å²) in [5.74, 6) is -0.223. The molecule has 2 amide bonds. The first kappa shape index (κ1) is 16.3. The Morgan fingerprint density at radius 2 is 1.82 bits per heavy atom. The predicted octanol–water partition coefficient (Wildman–Crippen LogP) is 1.16. The van der Waals surface area contributed by atoms with E-state index in [0.717, 1.165) is 0 Å². The number of hydrogen-bond donors (Lipinski definition) is 2. The van der Waals surface area contributed by atoms with Crippen molar-refractivity contribution in [2.24, 2.45) is 5.92 Å². The van der Waals surface area contributed by atoms with Gasteiger partial charge in [0.25, 0.3) is 0 Å². The van der Waals surface area contributed by atoms with Crippen LogP contribution in [0.4, 0.5) is 4.79 Å². The molecule has 0 saturated heterocycles. The average Bonchev–Trinajstić information content (AvgIpc) is 2.11. The SMILES string of the molecule is CC(C)C(NC(=O)OC(C)(C)C)C(=O)N[CH2][Cr]. The first-order chi connectivity index (χ1) is 7.67. The van der Waals surface area contributed by atoms with Gasteiger partial charge in [-0.25, -0.2) is 0 Å². The van der Waals surface area contributed by atoms with Crippen molar-refractivity contribution in [1.82, 2.24) is 10.6 Å². The molecule has 17 heavy (non-hydrogen) atoms. The van der Waals surface area contributed by atoms with E-state index >= 15 is 0 Å². The van der Waals surface area contributed by atoms with Gasteiger partial charge in [0.05, 0.1) is 0 Å². The van der Waals surface area contributed by atoms with Gasteiger partial charge in [-0.1, -0.05) is 0 Å². The van der Waals surface area contributed by atoms with Crippen LogP contribution in [-0.2, 0) is 25.8 Å². The molecule has 0 aliphatic carbocycles. The van der Waals surface area contributed by atoms with E-state index < -0.39 is 17.7 Å². The Hall–Kier alpha value is -0.728. The fourth-order valence-electron chi connectivity index (χ4n) is 1.15. The summed E-state index contributed by atoms with van der Waals surface area (Å²) in [6.45, 7) is 9.05. The van der Waals surface area contributed by atoms with Gasteiger partial charge in [-0.05, 0) is 0 Å². The number of carbonyl (C=O) groups excluding carboxylic acids is 2. The third-order valence-electron chi connectivity index (χ3n) is 1.87. The molecule has 2 N–H and O–H groups in total. The molecule has 0 aliphatic rings. The van der Waals surface area contributed by atoms with Crippen molar-refractivity contribution in [1.29, 1.82) is 0 Å². The van der Waals surface area contributed by atoms with E-state index in [-0.39, 0.29) is 11.8 Å². The van der Waals surface area contributed by atoms with E-state index in [1.807, 2.05) is 13.8 Å². The van der Waals surface area contributed by atoms with Gasteiger partial charge in [-0.3, -0.25) is 0 Å². The van der Waals surface area contributed by atoms with Crippen LogP contribution in [0.3, 0.4) is 0 Å². The van der Waals surface area contributed by atoms with E-state index in [0.29, 0.717) is 5.41 Å². The Bertz CT molecular complexity index is 274. The number of ether oxygens (including phenoxy) is 1. The first-order valence-corrected chi connectivity index (χ1v) is 6.43. The molecule has 1 atom stereocenters. The van der Waals surface area contributed by atoms with E-state index in [4.69, 9.17) is 4.74 Å². The van der Waals surface area contributed by atoms with Crippen LogP contribution < -0.4 is 10.6 Å². The molecule has 99 valence electrons. The standard InChI is InChI=1S/C11H21N2O3.Cr/c1-7(2)8(9(14)12-6)13-10(15)16-11(3,4)5;/h7-8H,6H2,1-5H3,(H,12,14)(H,13,15);. The fraction of sp³-hybridized carbons (Fsp3) is 0.818. The molecule has 0 aromatic rings. The van der Waals surface area contributed by atoms with Crippen molar-refractivity contribution in [2.75, 3.05) is 5.41 Å². The van der Waals surface area contributed by atoms with Gasteiger partial charge in [0, 0.05) is 0 Å². The normalized spacial score (nSPS) is 13.1. The molecule has 0 fully saturated rings. The zero-order valence-electron chi connectivity index (χ0n) is 11.0. The van der Waals surface area contributed by atoms with Gasteiger partial charge >= 0.3 is 111 Å². The van der Waals surface area contributed by atoms with Crippen LogP contribution in [0.2, 0.25) is 0 Å². The van der Waals surface area contributed by atoms with E-state index in [2.05, 4.69) is 26.9 Å². The summed E-state index contributed by atoms with van der Waals surface area (Å²) in [4.78, 5) is 23.2. The quantitative estimate of drug-likeness (QED) is 0.812. The summed E-state index contributed by atoms with van der Waals surface area (Å²) in [6, 6.07) is -0.585.